The minimum absolute atomic E-state index is 0.251. The first-order valence-corrected chi connectivity index (χ1v) is 7.04. The first kappa shape index (κ1) is 15.4. The monoisotopic (exact) mass is 274 g/mol. The van der Waals surface area contributed by atoms with E-state index in [1.807, 2.05) is 0 Å². The zero-order valence-electron chi connectivity index (χ0n) is 11.3. The molecule has 0 amide bonds. The van der Waals surface area contributed by atoms with Gasteiger partial charge < -0.3 is 0 Å². The van der Waals surface area contributed by atoms with Crippen LogP contribution in [0.2, 0.25) is 0 Å². The van der Waals surface area contributed by atoms with Crippen LogP contribution in [-0.2, 0) is 0 Å². The Morgan fingerprint density at radius 1 is 1.06 bits per heavy atom. The van der Waals surface area contributed by atoms with Gasteiger partial charge in [-0.05, 0) is 37.3 Å². The molecular weight excluding hydrogens is 254 g/mol. The van der Waals surface area contributed by atoms with Crippen molar-refractivity contribution in [2.45, 2.75) is 51.8 Å². The second-order valence-electron chi connectivity index (χ2n) is 4.86. The third-order valence-electron chi connectivity index (χ3n) is 3.31. The number of halogens is 3. The minimum Gasteiger partial charge on any atom is -0.207 e. The topological polar surface area (TPSA) is 0 Å². The molecule has 0 saturated carbocycles. The minimum atomic E-state index is -0.532. The molecule has 0 radical (unpaired) electrons. The van der Waals surface area contributed by atoms with Gasteiger partial charge in [-0.15, -0.1) is 11.6 Å². The average molecular weight is 275 g/mol. The second-order valence-corrected chi connectivity index (χ2v) is 5.33. The van der Waals surface area contributed by atoms with Crippen LogP contribution in [0.5, 0.6) is 0 Å². The summed E-state index contributed by atoms with van der Waals surface area (Å²) in [5.41, 5.74) is 0.881. The average Bonchev–Trinajstić information content (AvgIpc) is 2.33. The van der Waals surface area contributed by atoms with E-state index in [1.165, 1.54) is 0 Å². The summed E-state index contributed by atoms with van der Waals surface area (Å²) in [5, 5.41) is -0.371. The highest BCUT2D eigenvalue weighted by Gasteiger charge is 2.23. The Morgan fingerprint density at radius 2 is 1.61 bits per heavy atom. The Kier molecular flexibility index (Phi) is 6.07. The van der Waals surface area contributed by atoms with Gasteiger partial charge in [0.15, 0.2) is 0 Å². The van der Waals surface area contributed by atoms with Gasteiger partial charge in [0.25, 0.3) is 0 Å². The fourth-order valence-electron chi connectivity index (χ4n) is 2.32. The summed E-state index contributed by atoms with van der Waals surface area (Å²) in [6.07, 6.45) is 3.99. The Labute approximate surface area is 113 Å². The molecule has 0 aliphatic heterocycles. The molecule has 1 aromatic rings. The predicted octanol–water partition coefficient (Wildman–Crippen LogP) is 5.77. The molecule has 0 bridgehead atoms. The lowest BCUT2D eigenvalue weighted by Crippen LogP contribution is -2.10. The molecule has 0 aromatic heterocycles. The van der Waals surface area contributed by atoms with Crippen LogP contribution in [0.15, 0.2) is 12.1 Å². The van der Waals surface area contributed by atoms with Gasteiger partial charge >= 0.3 is 0 Å². The summed E-state index contributed by atoms with van der Waals surface area (Å²) in [6, 6.07) is 2.48. The molecule has 0 saturated heterocycles. The van der Waals surface area contributed by atoms with Crippen molar-refractivity contribution in [2.75, 3.05) is 0 Å². The lowest BCUT2D eigenvalue weighted by atomic mass is 9.90. The number of alkyl halides is 1. The van der Waals surface area contributed by atoms with E-state index in [0.29, 0.717) is 11.1 Å². The fourth-order valence-corrected chi connectivity index (χ4v) is 2.74. The number of rotatable bonds is 6. The molecule has 1 unspecified atom stereocenters. The quantitative estimate of drug-likeness (QED) is 0.578. The van der Waals surface area contributed by atoms with E-state index in [4.69, 9.17) is 11.6 Å². The Balaban J connectivity index is 3.00. The van der Waals surface area contributed by atoms with E-state index in [-0.39, 0.29) is 11.3 Å². The van der Waals surface area contributed by atoms with Crippen molar-refractivity contribution in [3.63, 3.8) is 0 Å². The maximum atomic E-state index is 13.8. The smallest absolute Gasteiger partial charge is 0.130 e. The van der Waals surface area contributed by atoms with E-state index in [1.54, 1.807) is 13.0 Å². The third-order valence-corrected chi connectivity index (χ3v) is 3.90. The summed E-state index contributed by atoms with van der Waals surface area (Å²) in [4.78, 5) is 0. The second kappa shape index (κ2) is 7.08. The predicted molar refractivity (Wildman–Crippen MR) is 73.0 cm³/mol. The van der Waals surface area contributed by atoms with Crippen molar-refractivity contribution in [1.82, 2.24) is 0 Å². The molecule has 102 valence electrons. The third kappa shape index (κ3) is 3.68. The molecular formula is C15H21ClF2. The van der Waals surface area contributed by atoms with Crippen molar-refractivity contribution in [1.29, 1.82) is 0 Å². The van der Waals surface area contributed by atoms with E-state index in [0.717, 1.165) is 31.7 Å². The van der Waals surface area contributed by atoms with E-state index < -0.39 is 11.6 Å². The molecule has 0 N–H and O–H groups in total. The van der Waals surface area contributed by atoms with Crippen LogP contribution in [0.3, 0.4) is 0 Å². The van der Waals surface area contributed by atoms with Crippen molar-refractivity contribution in [2.24, 2.45) is 5.92 Å². The SMILES string of the molecule is CCCC(CCC)C(Cl)c1cc(C)c(F)cc1F. The van der Waals surface area contributed by atoms with Gasteiger partial charge in [0.05, 0.1) is 5.38 Å². The molecule has 18 heavy (non-hydrogen) atoms. The van der Waals surface area contributed by atoms with E-state index in [9.17, 15) is 8.78 Å². The van der Waals surface area contributed by atoms with Crippen LogP contribution < -0.4 is 0 Å². The summed E-state index contributed by atoms with van der Waals surface area (Å²) in [6.45, 7) is 5.83. The number of aryl methyl sites for hydroxylation is 1. The molecule has 3 heteroatoms. The molecule has 0 heterocycles. The molecule has 1 aromatic carbocycles. The molecule has 0 nitrogen and oxygen atoms in total. The van der Waals surface area contributed by atoms with Crippen molar-refractivity contribution in [3.05, 3.63) is 34.9 Å². The van der Waals surface area contributed by atoms with Gasteiger partial charge in [-0.3, -0.25) is 0 Å². The molecule has 1 rings (SSSR count). The molecule has 0 aliphatic rings. The Bertz CT molecular complexity index is 384. The number of benzene rings is 1. The maximum Gasteiger partial charge on any atom is 0.130 e. The standard InChI is InChI=1S/C15H21ClF2/c1-4-6-11(7-5-2)15(16)12-8-10(3)13(17)9-14(12)18/h8-9,11,15H,4-7H2,1-3H3. The van der Waals surface area contributed by atoms with E-state index >= 15 is 0 Å². The van der Waals surface area contributed by atoms with Gasteiger partial charge in [-0.25, -0.2) is 8.78 Å². The lowest BCUT2D eigenvalue weighted by molar-refractivity contribution is 0.416. The highest BCUT2D eigenvalue weighted by molar-refractivity contribution is 6.21. The normalized spacial score (nSPS) is 13.1. The lowest BCUT2D eigenvalue weighted by Gasteiger charge is -2.22. The summed E-state index contributed by atoms with van der Waals surface area (Å²) in [5.74, 6) is -0.793. The maximum absolute atomic E-state index is 13.8. The van der Waals surface area contributed by atoms with Crippen LogP contribution in [0, 0.1) is 24.5 Å². The van der Waals surface area contributed by atoms with Crippen LogP contribution in [0.4, 0.5) is 8.78 Å². The van der Waals surface area contributed by atoms with Crippen LogP contribution in [0.25, 0.3) is 0 Å². The summed E-state index contributed by atoms with van der Waals surface area (Å²) >= 11 is 6.40. The van der Waals surface area contributed by atoms with Crippen molar-refractivity contribution in [3.8, 4) is 0 Å². The first-order chi connectivity index (χ1) is 8.51. The number of hydrogen-bond acceptors (Lipinski definition) is 0. The Hall–Kier alpha value is -0.630. The van der Waals surface area contributed by atoms with Gasteiger partial charge in [0, 0.05) is 11.6 Å². The molecule has 1 atom stereocenters. The zero-order chi connectivity index (χ0) is 13.7. The van der Waals surface area contributed by atoms with Crippen LogP contribution in [-0.4, -0.2) is 0 Å². The van der Waals surface area contributed by atoms with Crippen molar-refractivity contribution < 1.29 is 8.78 Å². The highest BCUT2D eigenvalue weighted by Crippen LogP contribution is 2.37. The molecule has 0 spiro atoms. The van der Waals surface area contributed by atoms with Gasteiger partial charge in [-0.1, -0.05) is 26.7 Å². The van der Waals surface area contributed by atoms with Crippen LogP contribution >= 0.6 is 11.6 Å². The van der Waals surface area contributed by atoms with Gasteiger partial charge in [0.1, 0.15) is 11.6 Å². The summed E-state index contributed by atoms with van der Waals surface area (Å²) < 4.78 is 27.0. The Morgan fingerprint density at radius 3 is 2.11 bits per heavy atom. The zero-order valence-corrected chi connectivity index (χ0v) is 12.0. The van der Waals surface area contributed by atoms with E-state index in [2.05, 4.69) is 13.8 Å². The van der Waals surface area contributed by atoms with Gasteiger partial charge in [0.2, 0.25) is 0 Å². The van der Waals surface area contributed by atoms with Crippen molar-refractivity contribution >= 4 is 11.6 Å². The fraction of sp³-hybridized carbons (Fsp3) is 0.600. The van der Waals surface area contributed by atoms with Crippen LogP contribution in [0.1, 0.15) is 56.0 Å². The summed E-state index contributed by atoms with van der Waals surface area (Å²) in [7, 11) is 0. The highest BCUT2D eigenvalue weighted by atomic mass is 35.5. The molecule has 0 aliphatic carbocycles. The van der Waals surface area contributed by atoms with Gasteiger partial charge in [-0.2, -0.15) is 0 Å². The molecule has 0 fully saturated rings. The largest absolute Gasteiger partial charge is 0.207 e. The first-order valence-electron chi connectivity index (χ1n) is 6.60. The number of hydrogen-bond donors (Lipinski definition) is 0.